The third kappa shape index (κ3) is 13.6. The summed E-state index contributed by atoms with van der Waals surface area (Å²) in [7, 11) is 0. The van der Waals surface area contributed by atoms with Crippen LogP contribution in [-0.2, 0) is 0 Å². The van der Waals surface area contributed by atoms with Gasteiger partial charge in [0.1, 0.15) is 16.7 Å². The smallest absolute Gasteiger partial charge is 0.159 e. The van der Waals surface area contributed by atoms with Crippen molar-refractivity contribution in [2.45, 2.75) is 0 Å². The number of furan rings is 3. The van der Waals surface area contributed by atoms with Gasteiger partial charge in [-0.05, 0) is 299 Å². The Labute approximate surface area is 865 Å². The summed E-state index contributed by atoms with van der Waals surface area (Å²) >= 11 is 7.30. The standard InChI is InChI=1S/C88H52N2O2.C36H23NO.C16H8Br2/c1-3-17-53(18-4-1)55-33-41-59(42-34-55)89(81-31-15-29-69-77-49-73-65-25-11-7-21-61(65)63-23-9-13-27-67(63)75(73)51-83(77)91-87(69)81)79-47-39-57-38-46-72-80(48-40-58-37-45-71(79)85(57)86(58)72)90(60-43-35-56(36-44-60)54-19-5-2-6-20-54)82-32-16-30-70-78-50-74-66-26-12-8-22-62(66)64-24-10-14-28-68(64)76(74)52-84(78)92-88(70)82;1-2-9-23(10-3-1)24-17-19-25(20-18-24)37-34-16-8-15-30-33-21-31-28-13-6-4-11-26(28)27-12-5-7-14-29(27)32(31)22-35(33)38-36(30)34;17-13-8-4-10-2-6-12-14(18)7-3-9-1-5-11(13)16(10)15(9)12/h1-52H;1-22,37H;1-8H. The molecule has 32 rings (SSSR count). The van der Waals surface area contributed by atoms with Gasteiger partial charge in [-0.15, -0.1) is 0 Å². The average molecular weight is 2020 g/mol. The molecule has 29 aromatic carbocycles. The molecule has 148 heavy (non-hydrogen) atoms. The van der Waals surface area contributed by atoms with Crippen LogP contribution < -0.4 is 15.1 Å². The lowest BCUT2D eigenvalue weighted by Gasteiger charge is -2.29. The number of hydrogen-bond donors (Lipinski definition) is 1. The number of anilines is 8. The van der Waals surface area contributed by atoms with Gasteiger partial charge in [0.25, 0.3) is 0 Å². The fourth-order valence-electron chi connectivity index (χ4n) is 24.1. The molecule has 0 unspecified atom stereocenters. The molecule has 690 valence electrons. The number of para-hydroxylation sites is 3. The van der Waals surface area contributed by atoms with Crippen LogP contribution >= 0.6 is 31.9 Å². The number of rotatable bonds is 11. The van der Waals surface area contributed by atoms with Gasteiger partial charge in [0.15, 0.2) is 16.7 Å². The van der Waals surface area contributed by atoms with Crippen LogP contribution in [0.1, 0.15) is 0 Å². The lowest BCUT2D eigenvalue weighted by atomic mass is 9.91. The highest BCUT2D eigenvalue weighted by atomic mass is 79.9. The molecule has 0 spiro atoms. The Bertz CT molecular complexity index is 10600. The second-order valence-electron chi connectivity index (χ2n) is 38.9. The summed E-state index contributed by atoms with van der Waals surface area (Å²) in [4.78, 5) is 4.85. The summed E-state index contributed by atoms with van der Waals surface area (Å²) in [5, 5.41) is 47.2. The van der Waals surface area contributed by atoms with E-state index in [1.165, 1.54) is 162 Å². The predicted octanol–water partition coefficient (Wildman–Crippen LogP) is 42.1. The quantitative estimate of drug-likeness (QED) is 0.130. The normalized spacial score (nSPS) is 12.0. The Morgan fingerprint density at radius 1 is 0.162 bits per heavy atom. The molecule has 0 saturated carbocycles. The van der Waals surface area contributed by atoms with Crippen LogP contribution in [0.3, 0.4) is 0 Å². The largest absolute Gasteiger partial charge is 0.454 e. The average Bonchev–Trinajstić information content (AvgIpc) is 1.14. The second kappa shape index (κ2) is 34.1. The minimum atomic E-state index is 0.829. The van der Waals surface area contributed by atoms with Crippen molar-refractivity contribution >= 4 is 305 Å². The molecule has 0 aliphatic rings. The van der Waals surface area contributed by atoms with Crippen molar-refractivity contribution < 1.29 is 13.3 Å². The first-order valence-electron chi connectivity index (χ1n) is 50.3. The van der Waals surface area contributed by atoms with Crippen molar-refractivity contribution in [1.29, 1.82) is 0 Å². The molecule has 6 nitrogen and oxygen atoms in total. The van der Waals surface area contributed by atoms with E-state index in [0.29, 0.717) is 0 Å². The second-order valence-corrected chi connectivity index (χ2v) is 40.6. The SMILES string of the molecule is Brc1ccc2ccc3c(Br)ccc4ccc1c2c43.c1ccc(-c2ccc(N(c3ccc4ccc5c(N(c6ccc(-c7ccccc7)cc6)c6cccc7c6oc6cc8c9ccccc9c9ccccc9c8cc67)ccc6ccc3c4c65)c3cccc4c3oc3cc5c6ccccc6c6ccccc6c5cc34)cc2)cc1.c1ccc(-c2ccc(Nc3cccc4c3oc3cc5c6ccccc6c6ccccc6c5cc34)cc2)cc1. The lowest BCUT2D eigenvalue weighted by molar-refractivity contribution is 0.669. The summed E-state index contributed by atoms with van der Waals surface area (Å²) in [5.74, 6) is 0. The van der Waals surface area contributed by atoms with E-state index in [9.17, 15) is 0 Å². The maximum atomic E-state index is 7.30. The molecule has 0 bridgehead atoms. The van der Waals surface area contributed by atoms with Crippen LogP contribution in [0, 0.1) is 0 Å². The van der Waals surface area contributed by atoms with Crippen molar-refractivity contribution in [1.82, 2.24) is 0 Å². The monoisotopic (exact) mass is 2010 g/mol. The highest BCUT2D eigenvalue weighted by molar-refractivity contribution is 9.11. The van der Waals surface area contributed by atoms with E-state index in [1.54, 1.807) is 0 Å². The highest BCUT2D eigenvalue weighted by Crippen LogP contribution is 2.55. The molecule has 0 aliphatic heterocycles. The van der Waals surface area contributed by atoms with Gasteiger partial charge in [0.2, 0.25) is 0 Å². The highest BCUT2D eigenvalue weighted by Gasteiger charge is 2.29. The predicted molar refractivity (Wildman–Crippen MR) is 637 cm³/mol. The van der Waals surface area contributed by atoms with Gasteiger partial charge in [-0.25, -0.2) is 0 Å². The van der Waals surface area contributed by atoms with E-state index in [0.717, 1.165) is 153 Å². The third-order valence-electron chi connectivity index (χ3n) is 30.9. The molecule has 0 atom stereocenters. The summed E-state index contributed by atoms with van der Waals surface area (Å²) < 4.78 is 23.5. The van der Waals surface area contributed by atoms with Crippen LogP contribution in [-0.4, -0.2) is 0 Å². The summed E-state index contributed by atoms with van der Waals surface area (Å²) in [6.45, 7) is 0. The Morgan fingerprint density at radius 3 is 0.750 bits per heavy atom. The van der Waals surface area contributed by atoms with Gasteiger partial charge in [-0.3, -0.25) is 0 Å². The van der Waals surface area contributed by atoms with Crippen LogP contribution in [0.25, 0.3) is 261 Å². The molecule has 3 heterocycles. The van der Waals surface area contributed by atoms with E-state index in [1.807, 2.05) is 6.07 Å². The van der Waals surface area contributed by atoms with E-state index < -0.39 is 0 Å². The summed E-state index contributed by atoms with van der Waals surface area (Å²) in [6, 6.07) is 180. The molecular weight excluding hydrogens is 1930 g/mol. The number of halogens is 2. The zero-order chi connectivity index (χ0) is 97.5. The van der Waals surface area contributed by atoms with Crippen molar-refractivity contribution in [3.8, 4) is 33.4 Å². The van der Waals surface area contributed by atoms with Crippen molar-refractivity contribution in [2.75, 3.05) is 15.1 Å². The maximum Gasteiger partial charge on any atom is 0.159 e. The number of fused-ring (bicyclic) bond motifs is 27. The molecule has 0 saturated heterocycles. The van der Waals surface area contributed by atoms with E-state index >= 15 is 0 Å². The molecule has 0 radical (unpaired) electrons. The van der Waals surface area contributed by atoms with Gasteiger partial charge in [0.05, 0.1) is 28.4 Å². The van der Waals surface area contributed by atoms with Gasteiger partial charge in [-0.2, -0.15) is 0 Å². The Kier molecular flexibility index (Phi) is 19.6. The van der Waals surface area contributed by atoms with Crippen LogP contribution in [0.2, 0.25) is 0 Å². The topological polar surface area (TPSA) is 57.9 Å². The number of nitrogens with zero attached hydrogens (tertiary/aromatic N) is 2. The van der Waals surface area contributed by atoms with E-state index in [4.69, 9.17) is 13.3 Å². The van der Waals surface area contributed by atoms with Gasteiger partial charge >= 0.3 is 0 Å². The van der Waals surface area contributed by atoms with Crippen molar-refractivity contribution in [2.24, 2.45) is 0 Å². The van der Waals surface area contributed by atoms with E-state index in [2.05, 4.69) is 538 Å². The zero-order valence-electron chi connectivity index (χ0n) is 79.7. The minimum Gasteiger partial charge on any atom is -0.454 e. The lowest BCUT2D eigenvalue weighted by Crippen LogP contribution is -2.12. The number of nitrogens with one attached hydrogen (secondary N) is 1. The molecule has 0 amide bonds. The van der Waals surface area contributed by atoms with Crippen LogP contribution in [0.15, 0.2) is 520 Å². The third-order valence-corrected chi connectivity index (χ3v) is 32.3. The first-order valence-corrected chi connectivity index (χ1v) is 51.9. The minimum absolute atomic E-state index is 0.829. The molecule has 8 heteroatoms. The zero-order valence-corrected chi connectivity index (χ0v) is 82.9. The van der Waals surface area contributed by atoms with Crippen LogP contribution in [0.5, 0.6) is 0 Å². The fourth-order valence-corrected chi connectivity index (χ4v) is 25.0. The molecule has 32 aromatic rings. The van der Waals surface area contributed by atoms with Crippen LogP contribution in [0.4, 0.5) is 45.5 Å². The van der Waals surface area contributed by atoms with E-state index in [-0.39, 0.29) is 0 Å². The first kappa shape index (κ1) is 85.2. The van der Waals surface area contributed by atoms with Gasteiger partial charge in [-0.1, -0.05) is 414 Å². The maximum absolute atomic E-state index is 7.30. The first-order chi connectivity index (χ1) is 73.2. The van der Waals surface area contributed by atoms with Crippen molar-refractivity contribution in [3.63, 3.8) is 0 Å². The summed E-state index contributed by atoms with van der Waals surface area (Å²) in [5.41, 5.74) is 20.3. The Morgan fingerprint density at radius 2 is 0.412 bits per heavy atom. The molecule has 0 aliphatic carbocycles. The van der Waals surface area contributed by atoms with Gasteiger partial charge < -0.3 is 28.4 Å². The van der Waals surface area contributed by atoms with Gasteiger partial charge in [0, 0.05) is 69.1 Å². The Hall–Kier alpha value is -18.4. The summed E-state index contributed by atoms with van der Waals surface area (Å²) in [6.07, 6.45) is 0. The number of benzene rings is 29. The number of hydrogen-bond acceptors (Lipinski definition) is 6. The molecule has 0 fully saturated rings. The van der Waals surface area contributed by atoms with Crippen molar-refractivity contribution in [3.05, 3.63) is 506 Å². The molecular formula is C140H83Br2N3O3. The Balaban J connectivity index is 0.000000146. The fraction of sp³-hybridized carbons (Fsp3) is 0. The molecule has 3 aromatic heterocycles. The molecule has 1 N–H and O–H groups in total.